The van der Waals surface area contributed by atoms with E-state index in [-0.39, 0.29) is 18.3 Å². The van der Waals surface area contributed by atoms with Gasteiger partial charge in [0.15, 0.2) is 11.4 Å². The number of methoxy groups -OCH3 is 1. The monoisotopic (exact) mass is 321 g/mol. The summed E-state index contributed by atoms with van der Waals surface area (Å²) in [7, 11) is 1.46. The number of carbonyl (C=O) groups excluding carboxylic acids is 2. The molecule has 2 amide bonds. The second kappa shape index (κ2) is 8.59. The van der Waals surface area contributed by atoms with Crippen molar-refractivity contribution in [3.05, 3.63) is 23.5 Å². The second-order valence-electron chi connectivity index (χ2n) is 5.50. The number of imide groups is 1. The lowest BCUT2D eigenvalue weighted by molar-refractivity contribution is -0.118. The molecule has 1 saturated carbocycles. The molecule has 0 aromatic carbocycles. The normalized spacial score (nSPS) is 15.2. The first kappa shape index (κ1) is 17.4. The van der Waals surface area contributed by atoms with E-state index >= 15 is 0 Å². The van der Waals surface area contributed by atoms with Gasteiger partial charge >= 0.3 is 0 Å². The molecule has 0 radical (unpaired) electrons. The number of nitrogens with two attached hydrogens (primary N) is 1. The Morgan fingerprint density at radius 1 is 1.35 bits per heavy atom. The lowest BCUT2D eigenvalue weighted by Gasteiger charge is -2.22. The van der Waals surface area contributed by atoms with Crippen LogP contribution in [0.4, 0.5) is 0 Å². The van der Waals surface area contributed by atoms with E-state index in [1.807, 2.05) is 0 Å². The second-order valence-corrected chi connectivity index (χ2v) is 5.50. The van der Waals surface area contributed by atoms with Crippen LogP contribution in [0.1, 0.15) is 48.2 Å². The zero-order valence-electron chi connectivity index (χ0n) is 13.3. The zero-order chi connectivity index (χ0) is 16.7. The van der Waals surface area contributed by atoms with E-state index in [4.69, 9.17) is 15.2 Å². The highest BCUT2D eigenvalue weighted by atomic mass is 16.5. The number of carbonyl (C=O) groups is 2. The average Bonchev–Trinajstić information content (AvgIpc) is 2.60. The lowest BCUT2D eigenvalue weighted by Crippen LogP contribution is -2.36. The molecule has 3 N–H and O–H groups in total. The quantitative estimate of drug-likeness (QED) is 0.815. The van der Waals surface area contributed by atoms with Crippen molar-refractivity contribution in [2.75, 3.05) is 13.7 Å². The Labute approximate surface area is 135 Å². The minimum atomic E-state index is -0.628. The van der Waals surface area contributed by atoms with Gasteiger partial charge in [0, 0.05) is 11.8 Å². The van der Waals surface area contributed by atoms with Crippen LogP contribution in [0.25, 0.3) is 0 Å². The summed E-state index contributed by atoms with van der Waals surface area (Å²) in [5.41, 5.74) is 5.98. The van der Waals surface area contributed by atoms with Crippen LogP contribution < -0.4 is 15.8 Å². The molecule has 23 heavy (non-hydrogen) atoms. The van der Waals surface area contributed by atoms with Gasteiger partial charge in [-0.15, -0.1) is 0 Å². The van der Waals surface area contributed by atoms with Crippen LogP contribution in [0.15, 0.2) is 12.3 Å². The van der Waals surface area contributed by atoms with Gasteiger partial charge in [0.1, 0.15) is 0 Å². The molecule has 2 rings (SSSR count). The van der Waals surface area contributed by atoms with E-state index in [0.29, 0.717) is 12.4 Å². The van der Waals surface area contributed by atoms with Crippen LogP contribution in [-0.2, 0) is 16.1 Å². The Hall–Kier alpha value is -1.99. The van der Waals surface area contributed by atoms with E-state index in [9.17, 15) is 9.59 Å². The van der Waals surface area contributed by atoms with Crippen LogP contribution in [0.2, 0.25) is 0 Å². The predicted octanol–water partition coefficient (Wildman–Crippen LogP) is 1.15. The minimum absolute atomic E-state index is 0.0547. The number of rotatable bonds is 6. The minimum Gasteiger partial charge on any atom is -0.494 e. The molecule has 1 aliphatic carbocycles. The molecule has 0 aliphatic heterocycles. The summed E-state index contributed by atoms with van der Waals surface area (Å²) in [6.07, 6.45) is 7.51. The number of nitrogens with zero attached hydrogens (tertiary/aromatic N) is 1. The SMILES string of the molecule is COc1c(COC2CCCCC2)ccnc1C(=O)NC(=O)CN. The Kier molecular flexibility index (Phi) is 6.49. The molecule has 0 spiro atoms. The van der Waals surface area contributed by atoms with Crippen molar-refractivity contribution in [3.63, 3.8) is 0 Å². The molecule has 1 aromatic rings. The average molecular weight is 321 g/mol. The molecule has 7 nitrogen and oxygen atoms in total. The van der Waals surface area contributed by atoms with Gasteiger partial charge in [-0.05, 0) is 18.9 Å². The van der Waals surface area contributed by atoms with E-state index in [0.717, 1.165) is 18.4 Å². The molecule has 0 bridgehead atoms. The third-order valence-corrected chi connectivity index (χ3v) is 3.87. The summed E-state index contributed by atoms with van der Waals surface area (Å²) in [4.78, 5) is 27.3. The van der Waals surface area contributed by atoms with Gasteiger partial charge in [0.05, 0.1) is 26.4 Å². The summed E-state index contributed by atoms with van der Waals surface area (Å²) in [5, 5.41) is 2.17. The van der Waals surface area contributed by atoms with Gasteiger partial charge in [0.25, 0.3) is 5.91 Å². The van der Waals surface area contributed by atoms with Crippen molar-refractivity contribution >= 4 is 11.8 Å². The molecule has 0 unspecified atom stereocenters. The standard InChI is InChI=1S/C16H23N3O4/c1-22-15-11(10-23-12-5-3-2-4-6-12)7-8-18-14(15)16(21)19-13(20)9-17/h7-8,12H,2-6,9-10,17H2,1H3,(H,19,20,21). The summed E-state index contributed by atoms with van der Waals surface area (Å²) in [6.45, 7) is 0.0833. The van der Waals surface area contributed by atoms with Gasteiger partial charge < -0.3 is 15.2 Å². The fourth-order valence-electron chi connectivity index (χ4n) is 2.67. The number of nitrogens with one attached hydrogen (secondary N) is 1. The van der Waals surface area contributed by atoms with Crippen LogP contribution in [0.3, 0.4) is 0 Å². The third kappa shape index (κ3) is 4.74. The van der Waals surface area contributed by atoms with Crippen LogP contribution in [0, 0.1) is 0 Å². The Bertz CT molecular complexity index is 556. The summed E-state index contributed by atoms with van der Waals surface area (Å²) < 4.78 is 11.2. The topological polar surface area (TPSA) is 104 Å². The van der Waals surface area contributed by atoms with Gasteiger partial charge in [-0.3, -0.25) is 14.9 Å². The van der Waals surface area contributed by atoms with Gasteiger partial charge in [-0.2, -0.15) is 0 Å². The van der Waals surface area contributed by atoms with Crippen molar-refractivity contribution in [2.45, 2.75) is 44.8 Å². The van der Waals surface area contributed by atoms with Crippen molar-refractivity contribution in [2.24, 2.45) is 5.73 Å². The first-order valence-corrected chi connectivity index (χ1v) is 7.83. The molecule has 7 heteroatoms. The molecular formula is C16H23N3O4. The van der Waals surface area contributed by atoms with E-state index in [1.165, 1.54) is 32.6 Å². The number of amides is 2. The zero-order valence-corrected chi connectivity index (χ0v) is 13.3. The first-order valence-electron chi connectivity index (χ1n) is 7.83. The maximum atomic E-state index is 12.1. The molecular weight excluding hydrogens is 298 g/mol. The highest BCUT2D eigenvalue weighted by Gasteiger charge is 2.20. The van der Waals surface area contributed by atoms with Crippen LogP contribution >= 0.6 is 0 Å². The number of pyridine rings is 1. The summed E-state index contributed by atoms with van der Waals surface area (Å²) >= 11 is 0. The fraction of sp³-hybridized carbons (Fsp3) is 0.562. The first-order chi connectivity index (χ1) is 11.2. The third-order valence-electron chi connectivity index (χ3n) is 3.87. The smallest absolute Gasteiger partial charge is 0.280 e. The van der Waals surface area contributed by atoms with Crippen LogP contribution in [0.5, 0.6) is 5.75 Å². The van der Waals surface area contributed by atoms with Crippen molar-refractivity contribution in [1.29, 1.82) is 0 Å². The maximum absolute atomic E-state index is 12.1. The van der Waals surface area contributed by atoms with E-state index in [1.54, 1.807) is 6.07 Å². The van der Waals surface area contributed by atoms with E-state index in [2.05, 4.69) is 10.3 Å². The van der Waals surface area contributed by atoms with Gasteiger partial charge in [-0.1, -0.05) is 19.3 Å². The molecule has 1 aromatic heterocycles. The largest absolute Gasteiger partial charge is 0.494 e. The molecule has 0 saturated heterocycles. The highest BCUT2D eigenvalue weighted by Crippen LogP contribution is 2.26. The summed E-state index contributed by atoms with van der Waals surface area (Å²) in [5.74, 6) is -0.870. The number of aromatic nitrogens is 1. The van der Waals surface area contributed by atoms with Crippen LogP contribution in [-0.4, -0.2) is 36.6 Å². The number of hydrogen-bond acceptors (Lipinski definition) is 6. The van der Waals surface area contributed by atoms with Crippen molar-refractivity contribution in [1.82, 2.24) is 10.3 Å². The Morgan fingerprint density at radius 3 is 2.74 bits per heavy atom. The summed E-state index contributed by atoms with van der Waals surface area (Å²) in [6, 6.07) is 1.75. The van der Waals surface area contributed by atoms with E-state index < -0.39 is 11.8 Å². The Morgan fingerprint density at radius 2 is 2.09 bits per heavy atom. The lowest BCUT2D eigenvalue weighted by atomic mass is 9.98. The molecule has 126 valence electrons. The molecule has 0 atom stereocenters. The Balaban J connectivity index is 2.08. The molecule has 1 aliphatic rings. The predicted molar refractivity (Wildman–Crippen MR) is 84.0 cm³/mol. The van der Waals surface area contributed by atoms with Crippen molar-refractivity contribution in [3.8, 4) is 5.75 Å². The molecule has 1 heterocycles. The number of ether oxygens (including phenoxy) is 2. The van der Waals surface area contributed by atoms with Gasteiger partial charge in [0.2, 0.25) is 5.91 Å². The number of hydrogen-bond donors (Lipinski definition) is 2. The van der Waals surface area contributed by atoms with Crippen molar-refractivity contribution < 1.29 is 19.1 Å². The maximum Gasteiger partial charge on any atom is 0.280 e. The molecule has 1 fully saturated rings. The fourth-order valence-corrected chi connectivity index (χ4v) is 2.67. The van der Waals surface area contributed by atoms with Gasteiger partial charge in [-0.25, -0.2) is 4.98 Å². The highest BCUT2D eigenvalue weighted by molar-refractivity contribution is 6.05.